The van der Waals surface area contributed by atoms with Crippen LogP contribution in [0.3, 0.4) is 0 Å². The van der Waals surface area contributed by atoms with Gasteiger partial charge in [-0.25, -0.2) is 4.79 Å². The second-order valence-electron chi connectivity index (χ2n) is 13.2. The number of hydrogen-bond acceptors (Lipinski definition) is 10. The van der Waals surface area contributed by atoms with Crippen molar-refractivity contribution in [2.24, 2.45) is 11.8 Å². The first-order valence-electron chi connectivity index (χ1n) is 16.2. The molecule has 0 aromatic heterocycles. The molecule has 4 N–H and O–H groups in total. The molecule has 45 heavy (non-hydrogen) atoms. The van der Waals surface area contributed by atoms with E-state index in [1.54, 1.807) is 45.3 Å². The first kappa shape index (κ1) is 38.9. The molecular weight excluding hydrogens is 580 g/mol. The van der Waals surface area contributed by atoms with Gasteiger partial charge in [0.2, 0.25) is 0 Å². The summed E-state index contributed by atoms with van der Waals surface area (Å²) in [4.78, 5) is 27.3. The molecule has 11 heteroatoms. The number of rotatable bonds is 13. The summed E-state index contributed by atoms with van der Waals surface area (Å²) in [6.07, 6.45) is 6.72. The molecule has 258 valence electrons. The van der Waals surface area contributed by atoms with Gasteiger partial charge < -0.3 is 44.5 Å². The first-order chi connectivity index (χ1) is 21.1. The number of likely N-dealkylation sites (N-methyl/N-ethyl adjacent to an activating group) is 2. The molecule has 0 aromatic carbocycles. The first-order valence-corrected chi connectivity index (χ1v) is 16.2. The van der Waals surface area contributed by atoms with Crippen LogP contribution >= 0.6 is 0 Å². The number of carbonyl (C=O) groups excluding carboxylic acids is 2. The molecule has 1 amide bonds. The van der Waals surface area contributed by atoms with E-state index in [1.165, 1.54) is 12.0 Å². The Bertz CT molecular complexity index is 1040. The number of nitrogens with zero attached hydrogens (tertiary/aromatic N) is 1. The minimum atomic E-state index is -1.14. The van der Waals surface area contributed by atoms with Gasteiger partial charge in [-0.05, 0) is 58.7 Å². The molecule has 0 bridgehead atoms. The van der Waals surface area contributed by atoms with Crippen LogP contribution in [0.25, 0.3) is 0 Å². The number of amides is 1. The molecule has 0 radical (unpaired) electrons. The third kappa shape index (κ3) is 12.1. The van der Waals surface area contributed by atoms with E-state index in [0.717, 1.165) is 5.57 Å². The van der Waals surface area contributed by atoms with E-state index < -0.39 is 47.7 Å². The maximum Gasteiger partial charge on any atom is 0.410 e. The number of cyclic esters (lactones) is 1. The molecule has 2 rings (SSSR count). The van der Waals surface area contributed by atoms with Gasteiger partial charge in [0.05, 0.1) is 36.4 Å². The van der Waals surface area contributed by atoms with Gasteiger partial charge in [0.15, 0.2) is 6.10 Å². The highest BCUT2D eigenvalue weighted by molar-refractivity contribution is 5.70. The lowest BCUT2D eigenvalue weighted by atomic mass is 9.88. The number of aliphatic hydroxyl groups excluding tert-OH is 2. The third-order valence-electron chi connectivity index (χ3n) is 9.05. The molecule has 1 fully saturated rings. The Kier molecular flexibility index (Phi) is 15.2. The number of hydrogen-bond donors (Lipinski definition) is 4. The van der Waals surface area contributed by atoms with E-state index in [4.69, 9.17) is 18.9 Å². The van der Waals surface area contributed by atoms with Gasteiger partial charge in [0, 0.05) is 45.5 Å². The number of aliphatic hydroxyl groups is 3. The Labute approximate surface area is 269 Å². The average molecular weight is 639 g/mol. The standard InChI is InChI=1S/C34H58N2O9/c1-10-26(38)24(4)31-27(43-31)21-33(5,41)16-11-12-22(2)30-23(3)13-14-28(44-32(40)36(8)19-18-35-7)34(6,42-9)17-15-25(37)20-29(39)45-30/h11-14,16,23-28,30-31,35,37-38,41H,10,15,17-21H2,1-9H3/b14-13+,16-11+,22-12+/t23-,24+,25+,26-,27+,28-,30+,31+,33-,34+/m0/s1. The van der Waals surface area contributed by atoms with Crippen LogP contribution in [0.15, 0.2) is 36.0 Å². The Morgan fingerprint density at radius 1 is 1.36 bits per heavy atom. The van der Waals surface area contributed by atoms with Gasteiger partial charge in [-0.3, -0.25) is 4.79 Å². The number of allylic oxidation sites excluding steroid dienone is 2. The predicted molar refractivity (Wildman–Crippen MR) is 173 cm³/mol. The zero-order valence-corrected chi connectivity index (χ0v) is 28.7. The molecule has 10 atom stereocenters. The minimum Gasteiger partial charge on any atom is -0.457 e. The van der Waals surface area contributed by atoms with Gasteiger partial charge >= 0.3 is 12.1 Å². The van der Waals surface area contributed by atoms with E-state index in [0.29, 0.717) is 32.4 Å². The summed E-state index contributed by atoms with van der Waals surface area (Å²) in [6.45, 7) is 12.2. The van der Waals surface area contributed by atoms with Crippen molar-refractivity contribution in [2.75, 3.05) is 34.3 Å². The van der Waals surface area contributed by atoms with E-state index in [2.05, 4.69) is 5.32 Å². The second kappa shape index (κ2) is 17.6. The summed E-state index contributed by atoms with van der Waals surface area (Å²) in [7, 11) is 5.01. The van der Waals surface area contributed by atoms with Crippen LogP contribution in [0.4, 0.5) is 4.79 Å². The summed E-state index contributed by atoms with van der Waals surface area (Å²) >= 11 is 0. The number of epoxide rings is 1. The molecule has 0 aliphatic carbocycles. The van der Waals surface area contributed by atoms with Crippen LogP contribution < -0.4 is 5.32 Å². The minimum absolute atomic E-state index is 0.00472. The van der Waals surface area contributed by atoms with Crippen LogP contribution in [0, 0.1) is 11.8 Å². The Morgan fingerprint density at radius 3 is 2.67 bits per heavy atom. The molecule has 0 unspecified atom stereocenters. The fraction of sp³-hybridized carbons (Fsp3) is 0.765. The number of carbonyl (C=O) groups is 2. The van der Waals surface area contributed by atoms with Crippen LogP contribution in [-0.4, -0.2) is 114 Å². The van der Waals surface area contributed by atoms with Crippen molar-refractivity contribution >= 4 is 12.1 Å². The zero-order chi connectivity index (χ0) is 33.9. The highest BCUT2D eigenvalue weighted by Gasteiger charge is 2.47. The number of nitrogens with one attached hydrogen (secondary N) is 1. The topological polar surface area (TPSA) is 150 Å². The summed E-state index contributed by atoms with van der Waals surface area (Å²) in [5.74, 6) is -0.854. The fourth-order valence-corrected chi connectivity index (χ4v) is 5.58. The highest BCUT2D eigenvalue weighted by Crippen LogP contribution is 2.37. The molecule has 2 heterocycles. The Balaban J connectivity index is 2.26. The molecular formula is C34H58N2O9. The van der Waals surface area contributed by atoms with Crippen LogP contribution in [0.2, 0.25) is 0 Å². The largest absolute Gasteiger partial charge is 0.457 e. The van der Waals surface area contributed by atoms with Crippen molar-refractivity contribution < 1.29 is 43.9 Å². The van der Waals surface area contributed by atoms with Crippen LogP contribution in [-0.2, 0) is 23.7 Å². The lowest BCUT2D eigenvalue weighted by Gasteiger charge is -2.36. The van der Waals surface area contributed by atoms with Crippen LogP contribution in [0.5, 0.6) is 0 Å². The van der Waals surface area contributed by atoms with Gasteiger partial charge in [-0.2, -0.15) is 0 Å². The van der Waals surface area contributed by atoms with Crippen molar-refractivity contribution in [1.29, 1.82) is 0 Å². The average Bonchev–Trinajstić information content (AvgIpc) is 3.75. The van der Waals surface area contributed by atoms with Gasteiger partial charge in [0.25, 0.3) is 0 Å². The maximum atomic E-state index is 12.9. The van der Waals surface area contributed by atoms with Crippen molar-refractivity contribution in [3.63, 3.8) is 0 Å². The summed E-state index contributed by atoms with van der Waals surface area (Å²) < 4.78 is 23.4. The van der Waals surface area contributed by atoms with E-state index in [9.17, 15) is 24.9 Å². The number of ether oxygens (including phenoxy) is 4. The number of esters is 1. The molecule has 2 aliphatic rings. The SMILES string of the molecule is CC[C@H](O)[C@@H](C)[C@H]1O[C@@H]1C[C@@](C)(O)/C=C/C=C(\C)[C@H]1OC(=O)C[C@H](O)CC[C@@](C)(OC)[C@@H](OC(=O)N(C)CCNC)/C=C/[C@@H]1C. The number of methoxy groups -OCH3 is 1. The van der Waals surface area contributed by atoms with Gasteiger partial charge in [-0.15, -0.1) is 0 Å². The Hall–Kier alpha value is -2.28. The molecule has 0 aromatic rings. The van der Waals surface area contributed by atoms with Crippen molar-refractivity contribution in [2.45, 2.75) is 121 Å². The Morgan fingerprint density at radius 2 is 2.04 bits per heavy atom. The second-order valence-corrected chi connectivity index (χ2v) is 13.2. The smallest absolute Gasteiger partial charge is 0.410 e. The maximum absolute atomic E-state index is 12.9. The third-order valence-corrected chi connectivity index (χ3v) is 9.05. The molecule has 11 nitrogen and oxygen atoms in total. The predicted octanol–water partition coefficient (Wildman–Crippen LogP) is 3.51. The highest BCUT2D eigenvalue weighted by atomic mass is 16.6. The summed E-state index contributed by atoms with van der Waals surface area (Å²) in [5.41, 5.74) is -1.37. The lowest BCUT2D eigenvalue weighted by Crippen LogP contribution is -2.46. The van der Waals surface area contributed by atoms with Crippen molar-refractivity contribution in [1.82, 2.24) is 10.2 Å². The molecule has 1 saturated heterocycles. The van der Waals surface area contributed by atoms with E-state index in [1.807, 2.05) is 40.7 Å². The van der Waals surface area contributed by atoms with E-state index >= 15 is 0 Å². The molecule has 2 aliphatic heterocycles. The van der Waals surface area contributed by atoms with E-state index in [-0.39, 0.29) is 36.9 Å². The summed E-state index contributed by atoms with van der Waals surface area (Å²) in [6, 6.07) is 0. The fourth-order valence-electron chi connectivity index (χ4n) is 5.58. The molecule has 0 saturated carbocycles. The van der Waals surface area contributed by atoms with Crippen LogP contribution in [0.1, 0.15) is 73.6 Å². The summed E-state index contributed by atoms with van der Waals surface area (Å²) in [5, 5.41) is 34.8. The van der Waals surface area contributed by atoms with Gasteiger partial charge in [-0.1, -0.05) is 45.1 Å². The normalized spacial score (nSPS) is 33.2. The monoisotopic (exact) mass is 638 g/mol. The zero-order valence-electron chi connectivity index (χ0n) is 28.7. The van der Waals surface area contributed by atoms with Crippen molar-refractivity contribution in [3.05, 3.63) is 36.0 Å². The lowest BCUT2D eigenvalue weighted by molar-refractivity contribution is -0.151. The van der Waals surface area contributed by atoms with Crippen molar-refractivity contribution in [3.8, 4) is 0 Å². The molecule has 0 spiro atoms. The quantitative estimate of drug-likeness (QED) is 0.102. The van der Waals surface area contributed by atoms with Gasteiger partial charge in [0.1, 0.15) is 11.7 Å².